The van der Waals surface area contributed by atoms with Crippen LogP contribution in [0.1, 0.15) is 25.0 Å². The van der Waals surface area contributed by atoms with Crippen LogP contribution in [0.5, 0.6) is 0 Å². The van der Waals surface area contributed by atoms with E-state index in [1.807, 2.05) is 26.8 Å². The van der Waals surface area contributed by atoms with E-state index in [-0.39, 0.29) is 11.5 Å². The Bertz CT molecular complexity index is 965. The van der Waals surface area contributed by atoms with Crippen molar-refractivity contribution >= 4 is 51.7 Å². The third-order valence-electron chi connectivity index (χ3n) is 3.82. The summed E-state index contributed by atoms with van der Waals surface area (Å²) in [5, 5.41) is 3.11. The average molecular weight is 374 g/mol. The molecule has 0 aliphatic carbocycles. The van der Waals surface area contributed by atoms with Crippen LogP contribution in [0.15, 0.2) is 28.0 Å². The Morgan fingerprint density at radius 2 is 2.08 bits per heavy atom. The lowest BCUT2D eigenvalue weighted by Crippen LogP contribution is -2.27. The van der Waals surface area contributed by atoms with Crippen LogP contribution >= 0.6 is 24.0 Å². The fourth-order valence-corrected chi connectivity index (χ4v) is 3.96. The van der Waals surface area contributed by atoms with Gasteiger partial charge in [-0.05, 0) is 38.5 Å². The van der Waals surface area contributed by atoms with Crippen molar-refractivity contribution in [1.29, 1.82) is 0 Å². The maximum Gasteiger partial charge on any atom is 0.267 e. The summed E-state index contributed by atoms with van der Waals surface area (Å²) in [7, 11) is 0. The topological polar surface area (TPSA) is 66.7 Å². The number of thiocarbonyl (C=S) groups is 1. The lowest BCUT2D eigenvalue weighted by molar-refractivity contribution is -0.121. The van der Waals surface area contributed by atoms with Crippen LogP contribution in [0.25, 0.3) is 11.7 Å². The van der Waals surface area contributed by atoms with Crippen LogP contribution in [0.2, 0.25) is 0 Å². The minimum atomic E-state index is -0.216. The third kappa shape index (κ3) is 3.19. The summed E-state index contributed by atoms with van der Waals surface area (Å²) in [5.74, 6) is 0.298. The van der Waals surface area contributed by atoms with Crippen LogP contribution in [0.3, 0.4) is 0 Å². The monoisotopic (exact) mass is 374 g/mol. The molecule has 2 aromatic rings. The number of anilines is 1. The van der Waals surface area contributed by atoms with Gasteiger partial charge in [0, 0.05) is 19.3 Å². The number of nitrogens with zero attached hydrogens (tertiary/aromatic N) is 3. The van der Waals surface area contributed by atoms with Gasteiger partial charge in [-0.15, -0.1) is 0 Å². The number of hydrogen-bond donors (Lipinski definition) is 1. The van der Waals surface area contributed by atoms with Crippen molar-refractivity contribution < 1.29 is 4.79 Å². The zero-order valence-electron chi connectivity index (χ0n) is 14.2. The summed E-state index contributed by atoms with van der Waals surface area (Å²) < 4.78 is 2.01. The molecule has 130 valence electrons. The lowest BCUT2D eigenvalue weighted by Gasteiger charge is -2.11. The summed E-state index contributed by atoms with van der Waals surface area (Å²) in [4.78, 5) is 31.9. The van der Waals surface area contributed by atoms with Crippen molar-refractivity contribution in [3.8, 4) is 0 Å². The average Bonchev–Trinajstić information content (AvgIpc) is 2.85. The van der Waals surface area contributed by atoms with Crippen LogP contribution in [-0.4, -0.2) is 37.6 Å². The Balaban J connectivity index is 2.21. The van der Waals surface area contributed by atoms with Gasteiger partial charge in [0.05, 0.1) is 10.5 Å². The smallest absolute Gasteiger partial charge is 0.267 e. The SMILES string of the molecule is CCNc1nc2ccc(C)cn2c(=O)c1C=C1SC(=S)N(CC)C1=O. The second-order valence-electron chi connectivity index (χ2n) is 5.57. The van der Waals surface area contributed by atoms with Crippen molar-refractivity contribution in [3.63, 3.8) is 0 Å². The van der Waals surface area contributed by atoms with Gasteiger partial charge in [-0.25, -0.2) is 4.98 Å². The number of carbonyl (C=O) groups excluding carboxylic acids is 1. The number of amides is 1. The van der Waals surface area contributed by atoms with Gasteiger partial charge in [-0.2, -0.15) is 0 Å². The predicted molar refractivity (Wildman–Crippen MR) is 106 cm³/mol. The molecule has 1 N–H and O–H groups in total. The number of carbonyl (C=O) groups is 1. The normalized spacial score (nSPS) is 16.3. The minimum absolute atomic E-state index is 0.173. The molecular weight excluding hydrogens is 356 g/mol. The minimum Gasteiger partial charge on any atom is -0.370 e. The number of hydrogen-bond acceptors (Lipinski definition) is 6. The number of likely N-dealkylation sites (N-methyl/N-ethyl adjacent to an activating group) is 1. The van der Waals surface area contributed by atoms with Crippen LogP contribution < -0.4 is 10.9 Å². The van der Waals surface area contributed by atoms with Gasteiger partial charge >= 0.3 is 0 Å². The first kappa shape index (κ1) is 17.6. The van der Waals surface area contributed by atoms with E-state index in [9.17, 15) is 9.59 Å². The maximum absolute atomic E-state index is 13.0. The molecule has 0 saturated carbocycles. The van der Waals surface area contributed by atoms with E-state index in [0.29, 0.717) is 39.3 Å². The fourth-order valence-electron chi connectivity index (χ4n) is 2.59. The summed E-state index contributed by atoms with van der Waals surface area (Å²) >= 11 is 6.44. The molecule has 1 fully saturated rings. The van der Waals surface area contributed by atoms with E-state index >= 15 is 0 Å². The molecule has 0 radical (unpaired) electrons. The zero-order valence-corrected chi connectivity index (χ0v) is 15.8. The number of aryl methyl sites for hydroxylation is 1. The van der Waals surface area contributed by atoms with Crippen LogP contribution in [0, 0.1) is 6.92 Å². The molecule has 1 aliphatic rings. The Labute approximate surface area is 154 Å². The first-order valence-electron chi connectivity index (χ1n) is 7.98. The summed E-state index contributed by atoms with van der Waals surface area (Å²) in [5.41, 5.74) is 1.66. The maximum atomic E-state index is 13.0. The summed E-state index contributed by atoms with van der Waals surface area (Å²) in [6.07, 6.45) is 3.34. The molecule has 1 amide bonds. The molecule has 1 saturated heterocycles. The Morgan fingerprint density at radius 3 is 2.72 bits per heavy atom. The van der Waals surface area contributed by atoms with Gasteiger partial charge in [0.2, 0.25) is 0 Å². The van der Waals surface area contributed by atoms with Gasteiger partial charge in [-0.1, -0.05) is 30.0 Å². The lowest BCUT2D eigenvalue weighted by atomic mass is 10.2. The van der Waals surface area contributed by atoms with Crippen LogP contribution in [0.4, 0.5) is 5.82 Å². The van der Waals surface area contributed by atoms with Crippen LogP contribution in [-0.2, 0) is 4.79 Å². The van der Waals surface area contributed by atoms with E-state index in [1.54, 1.807) is 18.3 Å². The number of thioether (sulfide) groups is 1. The van der Waals surface area contributed by atoms with E-state index in [2.05, 4.69) is 10.3 Å². The molecule has 3 heterocycles. The molecule has 25 heavy (non-hydrogen) atoms. The van der Waals surface area contributed by atoms with Crippen molar-refractivity contribution in [2.45, 2.75) is 20.8 Å². The Kier molecular flexibility index (Phi) is 4.91. The largest absolute Gasteiger partial charge is 0.370 e. The van der Waals surface area contributed by atoms with Crippen molar-refractivity contribution in [2.75, 3.05) is 18.4 Å². The van der Waals surface area contributed by atoms with Crippen molar-refractivity contribution in [3.05, 3.63) is 44.7 Å². The molecule has 2 aromatic heterocycles. The van der Waals surface area contributed by atoms with Gasteiger partial charge in [-0.3, -0.25) is 18.9 Å². The third-order valence-corrected chi connectivity index (χ3v) is 5.19. The van der Waals surface area contributed by atoms with Gasteiger partial charge in [0.25, 0.3) is 11.5 Å². The van der Waals surface area contributed by atoms with Gasteiger partial charge in [0.15, 0.2) is 0 Å². The molecule has 0 spiro atoms. The molecule has 6 nitrogen and oxygen atoms in total. The number of nitrogens with one attached hydrogen (secondary N) is 1. The molecule has 0 atom stereocenters. The number of fused-ring (bicyclic) bond motifs is 1. The predicted octanol–water partition coefficient (Wildman–Crippen LogP) is 2.66. The summed E-state index contributed by atoms with van der Waals surface area (Å²) in [6, 6.07) is 3.71. The molecular formula is C17H18N4O2S2. The zero-order chi connectivity index (χ0) is 18.1. The second kappa shape index (κ2) is 6.97. The molecule has 3 rings (SSSR count). The highest BCUT2D eigenvalue weighted by atomic mass is 32.2. The van der Waals surface area contributed by atoms with Crippen molar-refractivity contribution in [2.24, 2.45) is 0 Å². The highest BCUT2D eigenvalue weighted by molar-refractivity contribution is 8.26. The number of aromatic nitrogens is 2. The fraction of sp³-hybridized carbons (Fsp3) is 0.294. The second-order valence-corrected chi connectivity index (χ2v) is 7.25. The first-order chi connectivity index (χ1) is 12.0. The summed E-state index contributed by atoms with van der Waals surface area (Å²) in [6.45, 7) is 6.84. The number of rotatable bonds is 4. The molecule has 1 aliphatic heterocycles. The van der Waals surface area contributed by atoms with E-state index < -0.39 is 0 Å². The highest BCUT2D eigenvalue weighted by Gasteiger charge is 2.31. The first-order valence-corrected chi connectivity index (χ1v) is 9.21. The Morgan fingerprint density at radius 1 is 1.32 bits per heavy atom. The van der Waals surface area contributed by atoms with E-state index in [4.69, 9.17) is 12.2 Å². The quantitative estimate of drug-likeness (QED) is 0.656. The van der Waals surface area contributed by atoms with Gasteiger partial charge < -0.3 is 5.32 Å². The van der Waals surface area contributed by atoms with Gasteiger partial charge in [0.1, 0.15) is 15.8 Å². The molecule has 8 heteroatoms. The van der Waals surface area contributed by atoms with E-state index in [0.717, 1.165) is 5.56 Å². The Hall–Kier alpha value is -2.19. The molecule has 0 aromatic carbocycles. The van der Waals surface area contributed by atoms with Crippen molar-refractivity contribution in [1.82, 2.24) is 14.3 Å². The highest BCUT2D eigenvalue weighted by Crippen LogP contribution is 2.32. The standard InChI is InChI=1S/C17H18N4O2S2/c1-4-18-14-11(8-12-16(23)20(5-2)17(24)25-12)15(22)21-9-10(3)6-7-13(21)19-14/h6-9,18H,4-5H2,1-3H3. The molecule has 0 bridgehead atoms. The molecule has 0 unspecified atom stereocenters. The number of pyridine rings is 1. The van der Waals surface area contributed by atoms with E-state index in [1.165, 1.54) is 21.1 Å².